The molecule has 4 aromatic heterocycles. The Morgan fingerprint density at radius 1 is 0.308 bits per heavy atom. The monoisotopic (exact) mass is 829 g/mol. The van der Waals surface area contributed by atoms with Crippen molar-refractivity contribution < 1.29 is 8.83 Å². The number of hydrogen-bond donors (Lipinski definition) is 0. The lowest BCUT2D eigenvalue weighted by molar-refractivity contribution is 0.592. The molecule has 15 rings (SSSR count). The van der Waals surface area contributed by atoms with Crippen LogP contribution in [0.1, 0.15) is 26.3 Å². The van der Waals surface area contributed by atoms with Crippen molar-refractivity contribution in [2.24, 2.45) is 0 Å². The van der Waals surface area contributed by atoms with Gasteiger partial charge in [0, 0.05) is 43.1 Å². The highest BCUT2D eigenvalue weighted by Gasteiger charge is 2.24. The van der Waals surface area contributed by atoms with Crippen LogP contribution in [0.15, 0.2) is 191 Å². The second kappa shape index (κ2) is 12.3. The van der Waals surface area contributed by atoms with Crippen molar-refractivity contribution in [2.75, 3.05) is 0 Å². The molecule has 304 valence electrons. The van der Waals surface area contributed by atoms with Gasteiger partial charge in [0.1, 0.15) is 22.3 Å². The van der Waals surface area contributed by atoms with Crippen LogP contribution in [0.2, 0.25) is 0 Å². The van der Waals surface area contributed by atoms with Gasteiger partial charge in [-0.2, -0.15) is 0 Å². The molecule has 0 atom stereocenters. The molecule has 15 aromatic rings. The van der Waals surface area contributed by atoms with E-state index < -0.39 is 0 Å². The fourth-order valence-electron chi connectivity index (χ4n) is 11.1. The average molecular weight is 830 g/mol. The second-order valence-electron chi connectivity index (χ2n) is 19.4. The average Bonchev–Trinajstić information content (AvgIpc) is 4.06. The standard InChI is InChI=1S/C62H39NO2/c1-62(2,3)46-32-53-47-22-42-14-12-38(40-16-18-57-49(26-40)51-24-34-8-4-6-10-36(34)30-59(51)64-57)20-44(42)28-55(47)63-56-29-45-21-39(13-15-43(45)23-48(56)54(33-46)61(53)63)41-17-19-58-50(27-41)52-25-35-9-5-7-11-37(35)31-60(52)65-58/h4-33H,1-3H3. The van der Waals surface area contributed by atoms with Gasteiger partial charge in [0.15, 0.2) is 0 Å². The Morgan fingerprint density at radius 3 is 1.15 bits per heavy atom. The summed E-state index contributed by atoms with van der Waals surface area (Å²) < 4.78 is 15.3. The maximum atomic E-state index is 6.37. The summed E-state index contributed by atoms with van der Waals surface area (Å²) in [6.45, 7) is 6.98. The van der Waals surface area contributed by atoms with Crippen molar-refractivity contribution in [2.45, 2.75) is 26.2 Å². The van der Waals surface area contributed by atoms with E-state index in [4.69, 9.17) is 8.83 Å². The number of hydrogen-bond acceptors (Lipinski definition) is 2. The Morgan fingerprint density at radius 2 is 0.692 bits per heavy atom. The SMILES string of the molecule is CC(C)(C)c1cc2c3cc4ccc(-c5ccc6oc7cc8ccccc8cc7c6c5)cc4cc3n3c4cc5cc(-c6ccc7oc8cc9ccccc9cc8c7c6)ccc5cc4c(c1)c23. The minimum atomic E-state index is -0.0115. The lowest BCUT2D eigenvalue weighted by Crippen LogP contribution is -2.10. The van der Waals surface area contributed by atoms with Crippen LogP contribution in [0.5, 0.6) is 0 Å². The predicted molar refractivity (Wildman–Crippen MR) is 275 cm³/mol. The predicted octanol–water partition coefficient (Wildman–Crippen LogP) is 17.9. The van der Waals surface area contributed by atoms with Crippen LogP contribution in [0.25, 0.3) is 147 Å². The van der Waals surface area contributed by atoms with E-state index in [-0.39, 0.29) is 5.41 Å². The Balaban J connectivity index is 0.920. The van der Waals surface area contributed by atoms with Gasteiger partial charge in [-0.05, 0) is 173 Å². The number of rotatable bonds is 2. The molecule has 0 N–H and O–H groups in total. The molecule has 3 heteroatoms. The van der Waals surface area contributed by atoms with Crippen LogP contribution in [0.3, 0.4) is 0 Å². The van der Waals surface area contributed by atoms with E-state index in [0.29, 0.717) is 0 Å². The molecule has 0 radical (unpaired) electrons. The largest absolute Gasteiger partial charge is 0.456 e. The molecule has 0 aliphatic heterocycles. The molecule has 0 saturated heterocycles. The summed E-state index contributed by atoms with van der Waals surface area (Å²) in [5.41, 5.74) is 13.5. The first-order valence-corrected chi connectivity index (χ1v) is 22.6. The van der Waals surface area contributed by atoms with Gasteiger partial charge in [-0.1, -0.05) is 106 Å². The molecule has 0 bridgehead atoms. The fourth-order valence-corrected chi connectivity index (χ4v) is 11.1. The van der Waals surface area contributed by atoms with Crippen LogP contribution >= 0.6 is 0 Å². The molecule has 0 aliphatic carbocycles. The molecule has 0 fully saturated rings. The summed E-state index contributed by atoms with van der Waals surface area (Å²) in [4.78, 5) is 0. The first-order chi connectivity index (χ1) is 31.8. The van der Waals surface area contributed by atoms with Crippen LogP contribution in [-0.2, 0) is 5.41 Å². The minimum absolute atomic E-state index is 0.0115. The first-order valence-electron chi connectivity index (χ1n) is 22.6. The molecular formula is C62H39NO2. The maximum Gasteiger partial charge on any atom is 0.136 e. The zero-order valence-corrected chi connectivity index (χ0v) is 36.1. The summed E-state index contributed by atoms with van der Waals surface area (Å²) in [6.07, 6.45) is 0. The number of nitrogens with zero attached hydrogens (tertiary/aromatic N) is 1. The topological polar surface area (TPSA) is 30.7 Å². The molecule has 0 unspecified atom stereocenters. The van der Waals surface area contributed by atoms with Crippen molar-refractivity contribution in [3.63, 3.8) is 0 Å². The quantitative estimate of drug-likeness (QED) is 0.174. The van der Waals surface area contributed by atoms with Crippen LogP contribution in [0.4, 0.5) is 0 Å². The molecule has 65 heavy (non-hydrogen) atoms. The van der Waals surface area contributed by atoms with Crippen LogP contribution < -0.4 is 0 Å². The van der Waals surface area contributed by atoms with E-state index >= 15 is 0 Å². The van der Waals surface area contributed by atoms with Gasteiger partial charge in [-0.25, -0.2) is 0 Å². The molecule has 0 saturated carbocycles. The van der Waals surface area contributed by atoms with Crippen molar-refractivity contribution in [3.8, 4) is 22.3 Å². The normalized spacial score (nSPS) is 12.8. The number of furan rings is 2. The van der Waals surface area contributed by atoms with Crippen LogP contribution in [0, 0.1) is 0 Å². The zero-order chi connectivity index (χ0) is 42.9. The van der Waals surface area contributed by atoms with E-state index in [1.807, 2.05) is 0 Å². The summed E-state index contributed by atoms with van der Waals surface area (Å²) >= 11 is 0. The van der Waals surface area contributed by atoms with E-state index in [0.717, 1.165) is 43.9 Å². The van der Waals surface area contributed by atoms with Gasteiger partial charge in [-0.3, -0.25) is 0 Å². The van der Waals surface area contributed by atoms with E-state index in [1.54, 1.807) is 0 Å². The lowest BCUT2D eigenvalue weighted by Gasteiger charge is -2.19. The van der Waals surface area contributed by atoms with Crippen molar-refractivity contribution in [1.82, 2.24) is 4.40 Å². The molecule has 0 amide bonds. The molecule has 11 aromatic carbocycles. The Labute approximate surface area is 372 Å². The summed E-state index contributed by atoms with van der Waals surface area (Å²) in [5.74, 6) is 0. The highest BCUT2D eigenvalue weighted by molar-refractivity contribution is 6.26. The van der Waals surface area contributed by atoms with E-state index in [1.165, 1.54) is 109 Å². The molecule has 4 heterocycles. The fraction of sp³-hybridized carbons (Fsp3) is 0.0645. The molecule has 0 spiro atoms. The maximum absolute atomic E-state index is 6.37. The van der Waals surface area contributed by atoms with E-state index in [9.17, 15) is 0 Å². The Hall–Kier alpha value is -8.14. The first kappa shape index (κ1) is 35.3. The third-order valence-corrected chi connectivity index (χ3v) is 14.5. The third-order valence-electron chi connectivity index (χ3n) is 14.5. The van der Waals surface area contributed by atoms with Gasteiger partial charge < -0.3 is 13.2 Å². The number of aromatic nitrogens is 1. The lowest BCUT2D eigenvalue weighted by atomic mass is 9.85. The Kier molecular flexibility index (Phi) is 6.69. The number of benzene rings is 11. The summed E-state index contributed by atoms with van der Waals surface area (Å²) in [6, 6.07) is 67.6. The van der Waals surface area contributed by atoms with Crippen molar-refractivity contribution in [3.05, 3.63) is 188 Å². The second-order valence-corrected chi connectivity index (χ2v) is 19.4. The van der Waals surface area contributed by atoms with Gasteiger partial charge >= 0.3 is 0 Å². The summed E-state index contributed by atoms with van der Waals surface area (Å²) in [7, 11) is 0. The van der Waals surface area contributed by atoms with Gasteiger partial charge in [0.2, 0.25) is 0 Å². The highest BCUT2D eigenvalue weighted by Crippen LogP contribution is 2.45. The smallest absolute Gasteiger partial charge is 0.136 e. The van der Waals surface area contributed by atoms with Crippen LogP contribution in [-0.4, -0.2) is 4.40 Å². The third kappa shape index (κ3) is 5.01. The van der Waals surface area contributed by atoms with Crippen molar-refractivity contribution in [1.29, 1.82) is 0 Å². The Bertz CT molecular complexity index is 4290. The van der Waals surface area contributed by atoms with E-state index in [2.05, 4.69) is 207 Å². The highest BCUT2D eigenvalue weighted by atomic mass is 16.3. The van der Waals surface area contributed by atoms with Gasteiger partial charge in [-0.15, -0.1) is 0 Å². The van der Waals surface area contributed by atoms with Gasteiger partial charge in [0.25, 0.3) is 0 Å². The molecule has 3 nitrogen and oxygen atoms in total. The summed E-state index contributed by atoms with van der Waals surface area (Å²) in [5, 5.41) is 19.5. The minimum Gasteiger partial charge on any atom is -0.456 e. The number of fused-ring (bicyclic) bond motifs is 16. The molecule has 0 aliphatic rings. The molecular weight excluding hydrogens is 791 g/mol. The zero-order valence-electron chi connectivity index (χ0n) is 36.1. The van der Waals surface area contributed by atoms with Crippen molar-refractivity contribution >= 4 is 125 Å². The van der Waals surface area contributed by atoms with Gasteiger partial charge in [0.05, 0.1) is 16.6 Å².